The van der Waals surface area contributed by atoms with E-state index in [2.05, 4.69) is 15.5 Å². The first-order valence-corrected chi connectivity index (χ1v) is 7.32. The van der Waals surface area contributed by atoms with E-state index in [1.807, 2.05) is 0 Å². The summed E-state index contributed by atoms with van der Waals surface area (Å²) in [6, 6.07) is 2.93. The standard InChI is InChI=1S/C13H14F4N4S/c1-18-6-11-19-20-12(21(11)2)22-7-8-3-4-9(10(14)5-8)13(15,16)17/h3-5,18H,6-7H2,1-2H3. The molecule has 0 spiro atoms. The molecular weight excluding hydrogens is 320 g/mol. The molecule has 0 atom stereocenters. The topological polar surface area (TPSA) is 42.7 Å². The Labute approximate surface area is 128 Å². The zero-order valence-electron chi connectivity index (χ0n) is 11.9. The Morgan fingerprint density at radius 3 is 2.59 bits per heavy atom. The number of nitrogens with zero attached hydrogens (tertiary/aromatic N) is 3. The fourth-order valence-electron chi connectivity index (χ4n) is 1.81. The highest BCUT2D eigenvalue weighted by Gasteiger charge is 2.33. The van der Waals surface area contributed by atoms with Gasteiger partial charge in [-0.2, -0.15) is 13.2 Å². The number of hydrogen-bond acceptors (Lipinski definition) is 4. The molecule has 0 radical (unpaired) electrons. The lowest BCUT2D eigenvalue weighted by Gasteiger charge is -2.09. The van der Waals surface area contributed by atoms with Crippen molar-refractivity contribution in [1.82, 2.24) is 20.1 Å². The number of halogens is 4. The Morgan fingerprint density at radius 1 is 1.27 bits per heavy atom. The van der Waals surface area contributed by atoms with Gasteiger partial charge in [-0.1, -0.05) is 17.8 Å². The van der Waals surface area contributed by atoms with Crippen LogP contribution in [0.15, 0.2) is 23.4 Å². The van der Waals surface area contributed by atoms with Crippen LogP contribution < -0.4 is 5.32 Å². The van der Waals surface area contributed by atoms with E-state index in [0.717, 1.165) is 18.0 Å². The van der Waals surface area contributed by atoms with Gasteiger partial charge in [-0.25, -0.2) is 4.39 Å². The summed E-state index contributed by atoms with van der Waals surface area (Å²) in [4.78, 5) is 0. The highest BCUT2D eigenvalue weighted by atomic mass is 32.2. The van der Waals surface area contributed by atoms with Crippen molar-refractivity contribution in [2.24, 2.45) is 7.05 Å². The molecule has 120 valence electrons. The molecule has 22 heavy (non-hydrogen) atoms. The zero-order chi connectivity index (χ0) is 16.3. The lowest BCUT2D eigenvalue weighted by atomic mass is 10.1. The van der Waals surface area contributed by atoms with Crippen LogP contribution in [-0.4, -0.2) is 21.8 Å². The molecule has 1 aromatic carbocycles. The van der Waals surface area contributed by atoms with Gasteiger partial charge in [-0.05, 0) is 24.7 Å². The molecule has 1 heterocycles. The molecule has 4 nitrogen and oxygen atoms in total. The maximum absolute atomic E-state index is 13.5. The Morgan fingerprint density at radius 2 is 2.00 bits per heavy atom. The van der Waals surface area contributed by atoms with Gasteiger partial charge < -0.3 is 9.88 Å². The van der Waals surface area contributed by atoms with Crippen LogP contribution >= 0.6 is 11.8 Å². The molecule has 1 aromatic heterocycles. The average Bonchev–Trinajstić information content (AvgIpc) is 2.77. The molecule has 0 aliphatic carbocycles. The first-order chi connectivity index (χ1) is 10.3. The van der Waals surface area contributed by atoms with Crippen LogP contribution in [0.5, 0.6) is 0 Å². The molecule has 0 fully saturated rings. The lowest BCUT2D eigenvalue weighted by molar-refractivity contribution is -0.140. The zero-order valence-corrected chi connectivity index (χ0v) is 12.7. The van der Waals surface area contributed by atoms with Gasteiger partial charge in [-0.3, -0.25) is 0 Å². The predicted molar refractivity (Wildman–Crippen MR) is 74.7 cm³/mol. The van der Waals surface area contributed by atoms with Gasteiger partial charge in [0, 0.05) is 12.8 Å². The summed E-state index contributed by atoms with van der Waals surface area (Å²) in [5, 5.41) is 11.5. The van der Waals surface area contributed by atoms with Gasteiger partial charge in [0.05, 0.1) is 12.1 Å². The fourth-order valence-corrected chi connectivity index (χ4v) is 2.68. The van der Waals surface area contributed by atoms with Crippen molar-refractivity contribution in [1.29, 1.82) is 0 Å². The Bertz CT molecular complexity index is 654. The average molecular weight is 334 g/mol. The second kappa shape index (κ2) is 6.66. The van der Waals surface area contributed by atoms with Crippen LogP contribution in [0.25, 0.3) is 0 Å². The second-order valence-corrected chi connectivity index (χ2v) is 5.53. The van der Waals surface area contributed by atoms with Gasteiger partial charge in [0.15, 0.2) is 5.16 Å². The summed E-state index contributed by atoms with van der Waals surface area (Å²) in [5.41, 5.74) is -0.801. The van der Waals surface area contributed by atoms with E-state index in [4.69, 9.17) is 0 Å². The van der Waals surface area contributed by atoms with Gasteiger partial charge in [-0.15, -0.1) is 10.2 Å². The number of hydrogen-bond donors (Lipinski definition) is 1. The van der Waals surface area contributed by atoms with E-state index in [1.165, 1.54) is 17.8 Å². The summed E-state index contributed by atoms with van der Waals surface area (Å²) in [6.07, 6.45) is -4.68. The van der Waals surface area contributed by atoms with Crippen LogP contribution in [0.4, 0.5) is 17.6 Å². The number of rotatable bonds is 5. The lowest BCUT2D eigenvalue weighted by Crippen LogP contribution is -2.10. The number of thioether (sulfide) groups is 1. The van der Waals surface area contributed by atoms with Crippen molar-refractivity contribution in [3.63, 3.8) is 0 Å². The first kappa shape index (κ1) is 16.8. The molecule has 0 aliphatic rings. The highest BCUT2D eigenvalue weighted by molar-refractivity contribution is 7.98. The summed E-state index contributed by atoms with van der Waals surface area (Å²) >= 11 is 1.28. The molecule has 0 aliphatic heterocycles. The Balaban J connectivity index is 2.08. The maximum atomic E-state index is 13.5. The van der Waals surface area contributed by atoms with E-state index in [0.29, 0.717) is 23.0 Å². The number of aromatic nitrogens is 3. The molecule has 0 amide bonds. The van der Waals surface area contributed by atoms with E-state index >= 15 is 0 Å². The molecule has 2 aromatic rings. The van der Waals surface area contributed by atoms with Gasteiger partial charge >= 0.3 is 6.18 Å². The normalized spacial score (nSPS) is 11.9. The summed E-state index contributed by atoms with van der Waals surface area (Å²) < 4.78 is 52.7. The molecule has 0 bridgehead atoms. The van der Waals surface area contributed by atoms with Crippen molar-refractivity contribution < 1.29 is 17.6 Å². The Hall–Kier alpha value is -1.61. The second-order valence-electron chi connectivity index (χ2n) is 4.59. The van der Waals surface area contributed by atoms with Crippen LogP contribution in [0.2, 0.25) is 0 Å². The van der Waals surface area contributed by atoms with Crippen molar-refractivity contribution in [2.45, 2.75) is 23.6 Å². The minimum absolute atomic E-state index is 0.306. The monoisotopic (exact) mass is 334 g/mol. The van der Waals surface area contributed by atoms with E-state index in [-0.39, 0.29) is 0 Å². The fraction of sp³-hybridized carbons (Fsp3) is 0.385. The summed E-state index contributed by atoms with van der Waals surface area (Å²) in [6.45, 7) is 0.555. The Kier molecular flexibility index (Phi) is 5.07. The van der Waals surface area contributed by atoms with Crippen LogP contribution in [-0.2, 0) is 25.5 Å². The molecule has 2 rings (SSSR count). The minimum Gasteiger partial charge on any atom is -0.313 e. The number of benzene rings is 1. The third kappa shape index (κ3) is 3.77. The predicted octanol–water partition coefficient (Wildman–Crippen LogP) is 2.98. The maximum Gasteiger partial charge on any atom is 0.419 e. The molecular formula is C13H14F4N4S. The van der Waals surface area contributed by atoms with Crippen LogP contribution in [0, 0.1) is 5.82 Å². The van der Waals surface area contributed by atoms with E-state index < -0.39 is 17.6 Å². The molecule has 0 saturated carbocycles. The van der Waals surface area contributed by atoms with Gasteiger partial charge in [0.25, 0.3) is 0 Å². The highest BCUT2D eigenvalue weighted by Crippen LogP contribution is 2.32. The first-order valence-electron chi connectivity index (χ1n) is 6.34. The van der Waals surface area contributed by atoms with Crippen molar-refractivity contribution in [3.8, 4) is 0 Å². The van der Waals surface area contributed by atoms with Crippen LogP contribution in [0.3, 0.4) is 0 Å². The van der Waals surface area contributed by atoms with Crippen LogP contribution in [0.1, 0.15) is 17.0 Å². The smallest absolute Gasteiger partial charge is 0.313 e. The van der Waals surface area contributed by atoms with Crippen molar-refractivity contribution in [3.05, 3.63) is 41.0 Å². The van der Waals surface area contributed by atoms with E-state index in [9.17, 15) is 17.6 Å². The quantitative estimate of drug-likeness (QED) is 0.674. The van der Waals surface area contributed by atoms with Crippen molar-refractivity contribution in [2.75, 3.05) is 7.05 Å². The van der Waals surface area contributed by atoms with Gasteiger partial charge in [0.1, 0.15) is 11.6 Å². The minimum atomic E-state index is -4.68. The SMILES string of the molecule is CNCc1nnc(SCc2ccc(C(F)(F)F)c(F)c2)n1C. The summed E-state index contributed by atoms with van der Waals surface area (Å²) in [5.74, 6) is -0.219. The largest absolute Gasteiger partial charge is 0.419 e. The third-order valence-electron chi connectivity index (χ3n) is 2.97. The van der Waals surface area contributed by atoms with E-state index in [1.54, 1.807) is 18.7 Å². The number of nitrogens with one attached hydrogen (secondary N) is 1. The van der Waals surface area contributed by atoms with Gasteiger partial charge in [0.2, 0.25) is 0 Å². The number of alkyl halides is 3. The summed E-state index contributed by atoms with van der Waals surface area (Å²) in [7, 11) is 3.58. The molecule has 9 heteroatoms. The third-order valence-corrected chi connectivity index (χ3v) is 4.06. The van der Waals surface area contributed by atoms with Crippen molar-refractivity contribution >= 4 is 11.8 Å². The molecule has 0 saturated heterocycles. The molecule has 0 unspecified atom stereocenters. The molecule has 1 N–H and O–H groups in total.